The van der Waals surface area contributed by atoms with Gasteiger partial charge in [-0.05, 0) is 49.2 Å². The van der Waals surface area contributed by atoms with Crippen LogP contribution in [-0.2, 0) is 0 Å². The quantitative estimate of drug-likeness (QED) is 0.905. The predicted octanol–water partition coefficient (Wildman–Crippen LogP) is 3.42. The lowest BCUT2D eigenvalue weighted by molar-refractivity contribution is 0.0689. The Bertz CT molecular complexity index is 663. The number of nitrogens with zero attached hydrogens (tertiary/aromatic N) is 1. The third-order valence-corrected chi connectivity index (χ3v) is 3.33. The molecule has 0 aliphatic heterocycles. The molecule has 5 nitrogen and oxygen atoms in total. The van der Waals surface area contributed by atoms with Crippen LogP contribution in [0.1, 0.15) is 21.6 Å². The minimum atomic E-state index is -1.14. The van der Waals surface area contributed by atoms with Crippen LogP contribution in [0, 0.1) is 13.8 Å². The van der Waals surface area contributed by atoms with Gasteiger partial charge < -0.3 is 15.6 Å². The number of benzene rings is 1. The molecule has 1 heterocycles. The number of aromatic nitrogens is 1. The number of carbonyl (C=O) groups is 1. The molecule has 2 rings (SSSR count). The number of hydrogen-bond donors (Lipinski definition) is 2. The van der Waals surface area contributed by atoms with Crippen LogP contribution in [0.2, 0.25) is 5.02 Å². The average molecular weight is 293 g/mol. The van der Waals surface area contributed by atoms with E-state index in [0.29, 0.717) is 10.8 Å². The Morgan fingerprint density at radius 3 is 2.45 bits per heavy atom. The molecule has 0 spiro atoms. The molecule has 20 heavy (non-hydrogen) atoms. The normalized spacial score (nSPS) is 10.3. The maximum atomic E-state index is 10.9. The molecule has 1 aromatic carbocycles. The van der Waals surface area contributed by atoms with Crippen molar-refractivity contribution in [3.05, 3.63) is 46.1 Å². The monoisotopic (exact) mass is 292 g/mol. The summed E-state index contributed by atoms with van der Waals surface area (Å²) in [5.74, 6) is -0.574. The Hall–Kier alpha value is -2.27. The van der Waals surface area contributed by atoms with Crippen molar-refractivity contribution in [1.29, 1.82) is 0 Å². The van der Waals surface area contributed by atoms with Gasteiger partial charge in [0.05, 0.1) is 5.69 Å². The number of halogens is 1. The van der Waals surface area contributed by atoms with Crippen molar-refractivity contribution >= 4 is 23.3 Å². The van der Waals surface area contributed by atoms with Crippen molar-refractivity contribution in [2.45, 2.75) is 13.8 Å². The van der Waals surface area contributed by atoms with Crippen LogP contribution in [0.4, 0.5) is 5.69 Å². The van der Waals surface area contributed by atoms with Crippen molar-refractivity contribution in [1.82, 2.24) is 4.98 Å². The molecule has 3 N–H and O–H groups in total. The summed E-state index contributed by atoms with van der Waals surface area (Å²) in [4.78, 5) is 14.8. The Balaban J connectivity index is 2.39. The van der Waals surface area contributed by atoms with E-state index in [1.54, 1.807) is 12.1 Å². The zero-order chi connectivity index (χ0) is 14.9. The number of aryl methyl sites for hydroxylation is 2. The van der Waals surface area contributed by atoms with Gasteiger partial charge in [0.15, 0.2) is 5.69 Å². The molecule has 0 aliphatic carbocycles. The number of ether oxygens (including phenoxy) is 1. The second-order valence-electron chi connectivity index (χ2n) is 4.37. The zero-order valence-electron chi connectivity index (χ0n) is 11.0. The number of anilines is 1. The first kappa shape index (κ1) is 14.1. The third-order valence-electron chi connectivity index (χ3n) is 2.73. The van der Waals surface area contributed by atoms with Gasteiger partial charge in [-0.3, -0.25) is 0 Å². The lowest BCUT2D eigenvalue weighted by atomic mass is 10.1. The molecule has 0 unspecified atom stereocenters. The molecular formula is C14H13ClN2O3. The van der Waals surface area contributed by atoms with Crippen molar-refractivity contribution in [3.8, 4) is 11.6 Å². The molecule has 0 radical (unpaired) electrons. The molecule has 0 aliphatic rings. The van der Waals surface area contributed by atoms with E-state index >= 15 is 0 Å². The summed E-state index contributed by atoms with van der Waals surface area (Å²) in [5, 5.41) is 9.58. The third kappa shape index (κ3) is 2.83. The van der Waals surface area contributed by atoms with Gasteiger partial charge in [0.1, 0.15) is 5.75 Å². The molecular weight excluding hydrogens is 280 g/mol. The Morgan fingerprint density at radius 1 is 1.30 bits per heavy atom. The summed E-state index contributed by atoms with van der Waals surface area (Å²) in [6.45, 7) is 3.71. The fourth-order valence-corrected chi connectivity index (χ4v) is 1.84. The largest absolute Gasteiger partial charge is 0.477 e. The smallest absolute Gasteiger partial charge is 0.354 e. The number of hydrogen-bond acceptors (Lipinski definition) is 4. The highest BCUT2D eigenvalue weighted by Gasteiger charge is 2.11. The number of nitrogen functional groups attached to an aromatic ring is 1. The van der Waals surface area contributed by atoms with Gasteiger partial charge in [-0.2, -0.15) is 0 Å². The highest BCUT2D eigenvalue weighted by Crippen LogP contribution is 2.30. The van der Waals surface area contributed by atoms with Crippen LogP contribution in [0.15, 0.2) is 24.3 Å². The Labute approximate surface area is 121 Å². The van der Waals surface area contributed by atoms with Crippen LogP contribution in [0.5, 0.6) is 11.6 Å². The Morgan fingerprint density at radius 2 is 1.90 bits per heavy atom. The number of rotatable bonds is 3. The summed E-state index contributed by atoms with van der Waals surface area (Å²) >= 11 is 6.08. The SMILES string of the molecule is Cc1cc(Oc2nc(C(=O)O)ccc2N)cc(C)c1Cl. The summed E-state index contributed by atoms with van der Waals surface area (Å²) in [5.41, 5.74) is 7.59. The summed E-state index contributed by atoms with van der Waals surface area (Å²) in [7, 11) is 0. The van der Waals surface area contributed by atoms with Gasteiger partial charge in [-0.1, -0.05) is 11.6 Å². The molecule has 0 amide bonds. The Kier molecular flexibility index (Phi) is 3.81. The van der Waals surface area contributed by atoms with Crippen molar-refractivity contribution in [2.24, 2.45) is 0 Å². The number of nitrogens with two attached hydrogens (primary N) is 1. The maximum absolute atomic E-state index is 10.9. The first-order valence-electron chi connectivity index (χ1n) is 5.83. The van der Waals surface area contributed by atoms with Gasteiger partial charge in [0.2, 0.25) is 5.88 Å². The van der Waals surface area contributed by atoms with Crippen LogP contribution in [0.3, 0.4) is 0 Å². The first-order chi connectivity index (χ1) is 9.38. The highest BCUT2D eigenvalue weighted by molar-refractivity contribution is 6.32. The fourth-order valence-electron chi connectivity index (χ4n) is 1.73. The second-order valence-corrected chi connectivity index (χ2v) is 4.75. The van der Waals surface area contributed by atoms with E-state index in [-0.39, 0.29) is 17.3 Å². The first-order valence-corrected chi connectivity index (χ1v) is 6.20. The zero-order valence-corrected chi connectivity index (χ0v) is 11.7. The van der Waals surface area contributed by atoms with E-state index in [1.165, 1.54) is 12.1 Å². The van der Waals surface area contributed by atoms with Crippen LogP contribution < -0.4 is 10.5 Å². The minimum absolute atomic E-state index is 0.0611. The van der Waals surface area contributed by atoms with Gasteiger partial charge in [-0.25, -0.2) is 9.78 Å². The molecule has 0 saturated carbocycles. The topological polar surface area (TPSA) is 85.4 Å². The van der Waals surface area contributed by atoms with Crippen LogP contribution >= 0.6 is 11.6 Å². The molecule has 1 aromatic heterocycles. The van der Waals surface area contributed by atoms with E-state index in [9.17, 15) is 4.79 Å². The summed E-state index contributed by atoms with van der Waals surface area (Å²) < 4.78 is 5.56. The van der Waals surface area contributed by atoms with Crippen LogP contribution in [-0.4, -0.2) is 16.1 Å². The molecule has 2 aromatic rings. The van der Waals surface area contributed by atoms with Gasteiger partial charge in [0, 0.05) is 5.02 Å². The molecule has 104 valence electrons. The molecule has 0 atom stereocenters. The van der Waals surface area contributed by atoms with E-state index in [1.807, 2.05) is 13.8 Å². The summed E-state index contributed by atoms with van der Waals surface area (Å²) in [6, 6.07) is 6.25. The maximum Gasteiger partial charge on any atom is 0.354 e. The molecule has 6 heteroatoms. The van der Waals surface area contributed by atoms with Crippen molar-refractivity contribution < 1.29 is 14.6 Å². The predicted molar refractivity (Wildman–Crippen MR) is 76.6 cm³/mol. The number of carboxylic acids is 1. The lowest BCUT2D eigenvalue weighted by Gasteiger charge is -2.10. The van der Waals surface area contributed by atoms with E-state index in [0.717, 1.165) is 11.1 Å². The number of aromatic carboxylic acids is 1. The van der Waals surface area contributed by atoms with Gasteiger partial charge >= 0.3 is 5.97 Å². The minimum Gasteiger partial charge on any atom is -0.477 e. The number of pyridine rings is 1. The molecule has 0 fully saturated rings. The fraction of sp³-hybridized carbons (Fsp3) is 0.143. The van der Waals surface area contributed by atoms with E-state index in [2.05, 4.69) is 4.98 Å². The van der Waals surface area contributed by atoms with Crippen LogP contribution in [0.25, 0.3) is 0 Å². The van der Waals surface area contributed by atoms with E-state index in [4.69, 9.17) is 27.2 Å². The van der Waals surface area contributed by atoms with E-state index < -0.39 is 5.97 Å². The van der Waals surface area contributed by atoms with Gasteiger partial charge in [0.25, 0.3) is 0 Å². The highest BCUT2D eigenvalue weighted by atomic mass is 35.5. The van der Waals surface area contributed by atoms with Gasteiger partial charge in [-0.15, -0.1) is 0 Å². The second kappa shape index (κ2) is 5.38. The number of carboxylic acid groups (broad SMARTS) is 1. The lowest BCUT2D eigenvalue weighted by Crippen LogP contribution is -2.03. The average Bonchev–Trinajstić information content (AvgIpc) is 2.38. The summed E-state index contributed by atoms with van der Waals surface area (Å²) in [6.07, 6.45) is 0. The van der Waals surface area contributed by atoms with Crippen molar-refractivity contribution in [2.75, 3.05) is 5.73 Å². The molecule has 0 bridgehead atoms. The van der Waals surface area contributed by atoms with Crippen molar-refractivity contribution in [3.63, 3.8) is 0 Å². The standard InChI is InChI=1S/C14H13ClN2O3/c1-7-5-9(6-8(2)12(7)15)20-13-10(16)3-4-11(17-13)14(18)19/h3-6H,16H2,1-2H3,(H,18,19). The molecule has 0 saturated heterocycles.